The van der Waals surface area contributed by atoms with E-state index in [0.717, 1.165) is 44.1 Å². The van der Waals surface area contributed by atoms with Crippen LogP contribution in [0.5, 0.6) is 0 Å². The molecule has 0 unspecified atom stereocenters. The first kappa shape index (κ1) is 18.0. The minimum absolute atomic E-state index is 0.191. The molecule has 1 saturated heterocycles. The van der Waals surface area contributed by atoms with Gasteiger partial charge in [-0.1, -0.05) is 12.1 Å². The van der Waals surface area contributed by atoms with Gasteiger partial charge in [-0.05, 0) is 36.6 Å². The van der Waals surface area contributed by atoms with Gasteiger partial charge in [0.15, 0.2) is 0 Å². The van der Waals surface area contributed by atoms with Gasteiger partial charge in [0.1, 0.15) is 11.6 Å². The van der Waals surface area contributed by atoms with Crippen LogP contribution in [0.15, 0.2) is 42.7 Å². The second kappa shape index (κ2) is 8.53. The van der Waals surface area contributed by atoms with Crippen molar-refractivity contribution in [3.8, 4) is 0 Å². The van der Waals surface area contributed by atoms with Crippen molar-refractivity contribution in [1.82, 2.24) is 14.9 Å². The van der Waals surface area contributed by atoms with Crippen LogP contribution in [0.25, 0.3) is 6.08 Å². The lowest BCUT2D eigenvalue weighted by Gasteiger charge is -2.17. The van der Waals surface area contributed by atoms with E-state index in [9.17, 15) is 9.18 Å². The van der Waals surface area contributed by atoms with E-state index < -0.39 is 5.97 Å². The molecule has 0 spiro atoms. The molecule has 0 saturated carbocycles. The Kier molecular flexibility index (Phi) is 5.91. The molecule has 1 aromatic heterocycles. The zero-order valence-electron chi connectivity index (χ0n) is 14.3. The van der Waals surface area contributed by atoms with Crippen LogP contribution in [0.2, 0.25) is 0 Å². The summed E-state index contributed by atoms with van der Waals surface area (Å²) in [5, 5.41) is 12.0. The molecule has 0 bridgehead atoms. The maximum Gasteiger partial charge on any atom is 0.328 e. The number of likely N-dealkylation sites (tertiary alicyclic amines) is 1. The van der Waals surface area contributed by atoms with E-state index in [1.165, 1.54) is 12.1 Å². The van der Waals surface area contributed by atoms with Gasteiger partial charge in [-0.25, -0.2) is 14.2 Å². The molecule has 1 aliphatic heterocycles. The van der Waals surface area contributed by atoms with Gasteiger partial charge in [0.05, 0.1) is 18.1 Å². The van der Waals surface area contributed by atoms with Gasteiger partial charge < -0.3 is 15.3 Å². The Labute approximate surface area is 151 Å². The third kappa shape index (κ3) is 5.35. The van der Waals surface area contributed by atoms with E-state index >= 15 is 0 Å². The van der Waals surface area contributed by atoms with Crippen LogP contribution < -0.4 is 5.32 Å². The van der Waals surface area contributed by atoms with Crippen molar-refractivity contribution in [2.75, 3.05) is 25.0 Å². The van der Waals surface area contributed by atoms with Crippen LogP contribution in [0.4, 0.5) is 10.2 Å². The number of hydrogen-bond acceptors (Lipinski definition) is 5. The summed E-state index contributed by atoms with van der Waals surface area (Å²) in [6, 6.07) is 7.03. The average molecular weight is 356 g/mol. The van der Waals surface area contributed by atoms with Crippen LogP contribution in [0, 0.1) is 5.82 Å². The van der Waals surface area contributed by atoms with Crippen LogP contribution in [-0.2, 0) is 11.2 Å². The second-order valence-electron chi connectivity index (χ2n) is 6.31. The van der Waals surface area contributed by atoms with E-state index in [4.69, 9.17) is 5.11 Å². The topological polar surface area (TPSA) is 78.3 Å². The molecule has 1 atom stereocenters. The molecule has 2 aromatic rings. The predicted molar refractivity (Wildman–Crippen MR) is 97.3 cm³/mol. The van der Waals surface area contributed by atoms with E-state index in [1.54, 1.807) is 24.5 Å². The fraction of sp³-hybridized carbons (Fsp3) is 0.316. The lowest BCUT2D eigenvalue weighted by Crippen LogP contribution is -2.28. The molecule has 2 heterocycles. The Morgan fingerprint density at radius 3 is 3.00 bits per heavy atom. The minimum Gasteiger partial charge on any atom is -0.478 e. The summed E-state index contributed by atoms with van der Waals surface area (Å²) in [6.45, 7) is 2.78. The number of carbonyl (C=O) groups is 1. The molecule has 136 valence electrons. The number of aliphatic carboxylic acids is 1. The number of nitrogens with one attached hydrogen (secondary N) is 1. The number of hydrogen-bond donors (Lipinski definition) is 2. The molecule has 26 heavy (non-hydrogen) atoms. The Morgan fingerprint density at radius 1 is 1.38 bits per heavy atom. The average Bonchev–Trinajstić information content (AvgIpc) is 3.07. The van der Waals surface area contributed by atoms with Gasteiger partial charge in [-0.15, -0.1) is 0 Å². The molecule has 1 fully saturated rings. The molecular weight excluding hydrogens is 335 g/mol. The third-order valence-electron chi connectivity index (χ3n) is 4.30. The Morgan fingerprint density at radius 2 is 2.27 bits per heavy atom. The molecule has 0 aliphatic carbocycles. The predicted octanol–water partition coefficient (Wildman–Crippen LogP) is 2.44. The maximum absolute atomic E-state index is 13.2. The minimum atomic E-state index is -1.02. The normalized spacial score (nSPS) is 17.7. The van der Waals surface area contributed by atoms with Crippen LogP contribution in [-0.4, -0.2) is 51.6 Å². The zero-order valence-corrected chi connectivity index (χ0v) is 14.3. The first-order chi connectivity index (χ1) is 12.6. The molecule has 3 rings (SSSR count). The van der Waals surface area contributed by atoms with Crippen LogP contribution in [0.1, 0.15) is 17.7 Å². The van der Waals surface area contributed by atoms with E-state index in [2.05, 4.69) is 20.2 Å². The molecule has 2 N–H and O–H groups in total. The maximum atomic E-state index is 13.2. The highest BCUT2D eigenvalue weighted by atomic mass is 19.1. The number of benzene rings is 1. The number of carboxylic acid groups (broad SMARTS) is 1. The number of anilines is 1. The molecule has 0 radical (unpaired) electrons. The monoisotopic (exact) mass is 356 g/mol. The lowest BCUT2D eigenvalue weighted by molar-refractivity contribution is -0.131. The summed E-state index contributed by atoms with van der Waals surface area (Å²) < 4.78 is 13.2. The molecule has 6 nitrogen and oxygen atoms in total. The van der Waals surface area contributed by atoms with Gasteiger partial charge in [0, 0.05) is 31.8 Å². The van der Waals surface area contributed by atoms with E-state index in [0.29, 0.717) is 11.5 Å². The van der Waals surface area contributed by atoms with E-state index in [-0.39, 0.29) is 11.9 Å². The van der Waals surface area contributed by atoms with Crippen LogP contribution in [0.3, 0.4) is 0 Å². The molecule has 1 aromatic carbocycles. The SMILES string of the molecule is O=C(O)C=Cc1cnc(N[C@@H]2CCN(CCc3cccc(F)c3)C2)cn1. The summed E-state index contributed by atoms with van der Waals surface area (Å²) in [5.74, 6) is -0.531. The van der Waals surface area contributed by atoms with Gasteiger partial charge >= 0.3 is 5.97 Å². The van der Waals surface area contributed by atoms with Crippen molar-refractivity contribution in [3.63, 3.8) is 0 Å². The van der Waals surface area contributed by atoms with Crippen molar-refractivity contribution in [2.45, 2.75) is 18.9 Å². The number of carboxylic acids is 1. The highest BCUT2D eigenvalue weighted by Gasteiger charge is 2.22. The molecule has 7 heteroatoms. The van der Waals surface area contributed by atoms with Crippen molar-refractivity contribution in [3.05, 3.63) is 59.8 Å². The Hall–Kier alpha value is -2.80. The summed E-state index contributed by atoms with van der Waals surface area (Å²) in [4.78, 5) is 21.3. The van der Waals surface area contributed by atoms with Crippen molar-refractivity contribution in [2.24, 2.45) is 0 Å². The zero-order chi connectivity index (χ0) is 18.4. The summed E-state index contributed by atoms with van der Waals surface area (Å²) in [5.41, 5.74) is 1.51. The van der Waals surface area contributed by atoms with E-state index in [1.807, 2.05) is 6.07 Å². The number of rotatable bonds is 7. The smallest absolute Gasteiger partial charge is 0.328 e. The lowest BCUT2D eigenvalue weighted by atomic mass is 10.1. The van der Waals surface area contributed by atoms with Crippen molar-refractivity contribution in [1.29, 1.82) is 0 Å². The van der Waals surface area contributed by atoms with Crippen LogP contribution >= 0.6 is 0 Å². The fourth-order valence-electron chi connectivity index (χ4n) is 3.00. The standard InChI is InChI=1S/C19H21FN4O2/c20-15-3-1-2-14(10-15)6-8-24-9-7-17(13-24)23-18-12-21-16(11-22-18)4-5-19(25)26/h1-5,10-12,17H,6-9,13H2,(H,22,23)(H,25,26)/t17-/m1/s1. The fourth-order valence-corrected chi connectivity index (χ4v) is 3.00. The summed E-state index contributed by atoms with van der Waals surface area (Å²) in [6.07, 6.45) is 7.42. The Balaban J connectivity index is 1.46. The summed E-state index contributed by atoms with van der Waals surface area (Å²) in [7, 11) is 0. The second-order valence-corrected chi connectivity index (χ2v) is 6.31. The highest BCUT2D eigenvalue weighted by molar-refractivity contribution is 5.84. The molecular formula is C19H21FN4O2. The Bertz CT molecular complexity index is 779. The van der Waals surface area contributed by atoms with Crippen molar-refractivity contribution < 1.29 is 14.3 Å². The highest BCUT2D eigenvalue weighted by Crippen LogP contribution is 2.15. The third-order valence-corrected chi connectivity index (χ3v) is 4.30. The van der Waals surface area contributed by atoms with Gasteiger partial charge in [0.25, 0.3) is 0 Å². The number of halogens is 1. The molecule has 1 aliphatic rings. The largest absolute Gasteiger partial charge is 0.478 e. The summed E-state index contributed by atoms with van der Waals surface area (Å²) >= 11 is 0. The van der Waals surface area contributed by atoms with Crippen molar-refractivity contribution >= 4 is 17.9 Å². The first-order valence-corrected chi connectivity index (χ1v) is 8.55. The quantitative estimate of drug-likeness (QED) is 0.742. The number of aromatic nitrogens is 2. The molecule has 0 amide bonds. The number of nitrogens with zero attached hydrogens (tertiary/aromatic N) is 3. The van der Waals surface area contributed by atoms with Gasteiger partial charge in [-0.3, -0.25) is 4.98 Å². The first-order valence-electron chi connectivity index (χ1n) is 8.55. The van der Waals surface area contributed by atoms with Gasteiger partial charge in [0.2, 0.25) is 0 Å². The van der Waals surface area contributed by atoms with Gasteiger partial charge in [-0.2, -0.15) is 0 Å².